The highest BCUT2D eigenvalue weighted by molar-refractivity contribution is 5.69. The van der Waals surface area contributed by atoms with E-state index in [4.69, 9.17) is 4.74 Å². The molecule has 0 amide bonds. The second kappa shape index (κ2) is 6.49. The summed E-state index contributed by atoms with van der Waals surface area (Å²) in [4.78, 5) is 11.5. The quantitative estimate of drug-likeness (QED) is 0.795. The minimum absolute atomic E-state index is 0.0530. The summed E-state index contributed by atoms with van der Waals surface area (Å²) in [5.74, 6) is -0.871. The predicted octanol–water partition coefficient (Wildman–Crippen LogP) is 4.15. The number of carbonyl (C=O) groups excluding carboxylic acids is 1. The van der Waals surface area contributed by atoms with Crippen molar-refractivity contribution in [1.82, 2.24) is 0 Å². The first-order valence-corrected chi connectivity index (χ1v) is 7.72. The Kier molecular flexibility index (Phi) is 4.42. The molecule has 0 aliphatic heterocycles. The zero-order chi connectivity index (χ0) is 16.4. The lowest BCUT2D eigenvalue weighted by Crippen LogP contribution is -2.09. The first-order valence-electron chi connectivity index (χ1n) is 7.72. The molecular formula is C19H18F2O2. The number of fused-ring (bicyclic) bond motifs is 2. The van der Waals surface area contributed by atoms with Gasteiger partial charge < -0.3 is 4.74 Å². The van der Waals surface area contributed by atoms with Gasteiger partial charge in [-0.1, -0.05) is 12.1 Å². The van der Waals surface area contributed by atoms with Crippen LogP contribution in [0.5, 0.6) is 0 Å². The first-order chi connectivity index (χ1) is 11.1. The number of rotatable bonds is 3. The lowest BCUT2D eigenvalue weighted by Gasteiger charge is -2.20. The van der Waals surface area contributed by atoms with E-state index in [0.717, 1.165) is 22.3 Å². The average molecular weight is 316 g/mol. The van der Waals surface area contributed by atoms with E-state index in [1.807, 2.05) is 0 Å². The molecule has 2 nitrogen and oxygen atoms in total. The van der Waals surface area contributed by atoms with Crippen molar-refractivity contribution in [1.29, 1.82) is 0 Å². The molecule has 2 aromatic carbocycles. The molecule has 0 heterocycles. The summed E-state index contributed by atoms with van der Waals surface area (Å²) in [6, 6.07) is 9.54. The maximum atomic E-state index is 13.6. The summed E-state index contributed by atoms with van der Waals surface area (Å²) in [6.07, 6.45) is 2.16. The molecule has 1 aliphatic carbocycles. The van der Waals surface area contributed by atoms with Crippen molar-refractivity contribution in [3.8, 4) is 0 Å². The first kappa shape index (κ1) is 15.7. The van der Waals surface area contributed by atoms with Crippen molar-refractivity contribution in [3.63, 3.8) is 0 Å². The summed E-state index contributed by atoms with van der Waals surface area (Å²) < 4.78 is 31.9. The SMILES string of the molecule is COC(=O)CCC1c2ccc(F)cc2CCc2cc(F)ccc21. The fraction of sp³-hybridized carbons (Fsp3) is 0.316. The van der Waals surface area contributed by atoms with Crippen LogP contribution in [0.2, 0.25) is 0 Å². The summed E-state index contributed by atoms with van der Waals surface area (Å²) in [7, 11) is 1.36. The van der Waals surface area contributed by atoms with E-state index in [-0.39, 0.29) is 29.9 Å². The van der Waals surface area contributed by atoms with E-state index < -0.39 is 0 Å². The lowest BCUT2D eigenvalue weighted by atomic mass is 9.84. The van der Waals surface area contributed by atoms with Crippen molar-refractivity contribution in [2.45, 2.75) is 31.6 Å². The molecule has 1 aliphatic rings. The van der Waals surface area contributed by atoms with Crippen LogP contribution in [0, 0.1) is 11.6 Å². The zero-order valence-corrected chi connectivity index (χ0v) is 12.9. The van der Waals surface area contributed by atoms with Gasteiger partial charge in [-0.25, -0.2) is 8.78 Å². The van der Waals surface area contributed by atoms with E-state index in [9.17, 15) is 13.6 Å². The van der Waals surface area contributed by atoms with Crippen LogP contribution in [0.1, 0.15) is 41.0 Å². The fourth-order valence-electron chi connectivity index (χ4n) is 3.37. The maximum absolute atomic E-state index is 13.6. The summed E-state index contributed by atoms with van der Waals surface area (Å²) in [6.45, 7) is 0. The van der Waals surface area contributed by atoms with Crippen molar-refractivity contribution < 1.29 is 18.3 Å². The number of hydrogen-bond acceptors (Lipinski definition) is 2. The van der Waals surface area contributed by atoms with Gasteiger partial charge in [-0.3, -0.25) is 4.79 Å². The van der Waals surface area contributed by atoms with Crippen LogP contribution in [0.25, 0.3) is 0 Å². The second-order valence-corrected chi connectivity index (χ2v) is 5.85. The Morgan fingerprint density at radius 2 is 1.57 bits per heavy atom. The Balaban J connectivity index is 2.04. The molecule has 0 atom stereocenters. The van der Waals surface area contributed by atoms with Gasteiger partial charge in [0.15, 0.2) is 0 Å². The van der Waals surface area contributed by atoms with Gasteiger partial charge in [0.25, 0.3) is 0 Å². The number of aryl methyl sites for hydroxylation is 2. The van der Waals surface area contributed by atoms with E-state index >= 15 is 0 Å². The Labute approximate surface area is 134 Å². The van der Waals surface area contributed by atoms with Crippen LogP contribution in [-0.4, -0.2) is 13.1 Å². The molecule has 0 fully saturated rings. The number of carbonyl (C=O) groups is 1. The van der Waals surface area contributed by atoms with Crippen molar-refractivity contribution in [3.05, 3.63) is 70.3 Å². The van der Waals surface area contributed by atoms with Crippen LogP contribution in [0.3, 0.4) is 0 Å². The highest BCUT2D eigenvalue weighted by atomic mass is 19.1. The van der Waals surface area contributed by atoms with E-state index in [1.54, 1.807) is 24.3 Å². The minimum Gasteiger partial charge on any atom is -0.469 e. The fourth-order valence-corrected chi connectivity index (χ4v) is 3.37. The average Bonchev–Trinajstić information content (AvgIpc) is 2.69. The van der Waals surface area contributed by atoms with Gasteiger partial charge in [0, 0.05) is 12.3 Å². The molecular weight excluding hydrogens is 298 g/mol. The number of halogens is 2. The number of esters is 1. The number of ether oxygens (including phenoxy) is 1. The molecule has 120 valence electrons. The highest BCUT2D eigenvalue weighted by Gasteiger charge is 2.25. The lowest BCUT2D eigenvalue weighted by molar-refractivity contribution is -0.140. The molecule has 0 radical (unpaired) electrons. The van der Waals surface area contributed by atoms with Crippen LogP contribution < -0.4 is 0 Å². The number of methoxy groups -OCH3 is 1. The van der Waals surface area contributed by atoms with Gasteiger partial charge in [-0.05, 0) is 65.8 Å². The molecule has 3 rings (SSSR count). The summed E-state index contributed by atoms with van der Waals surface area (Å²) in [5, 5.41) is 0. The van der Waals surface area contributed by atoms with Crippen LogP contribution in [0.15, 0.2) is 36.4 Å². The van der Waals surface area contributed by atoms with E-state index in [1.165, 1.54) is 19.2 Å². The maximum Gasteiger partial charge on any atom is 0.305 e. The molecule has 0 aromatic heterocycles. The third kappa shape index (κ3) is 3.26. The van der Waals surface area contributed by atoms with Crippen LogP contribution in [0.4, 0.5) is 8.78 Å². The largest absolute Gasteiger partial charge is 0.469 e. The van der Waals surface area contributed by atoms with Crippen molar-refractivity contribution in [2.75, 3.05) is 7.11 Å². The molecule has 0 unspecified atom stereocenters. The standard InChI is InChI=1S/C19H18F2O2/c1-23-19(22)9-8-18-16-6-4-14(20)10-12(16)2-3-13-11-15(21)5-7-17(13)18/h4-7,10-11,18H,2-3,8-9H2,1H3. The Bertz CT molecular complexity index is 687. The summed E-state index contributed by atoms with van der Waals surface area (Å²) in [5.41, 5.74) is 3.88. The molecule has 23 heavy (non-hydrogen) atoms. The molecule has 0 saturated heterocycles. The predicted molar refractivity (Wildman–Crippen MR) is 83.3 cm³/mol. The van der Waals surface area contributed by atoms with Gasteiger partial charge in [0.2, 0.25) is 0 Å². The van der Waals surface area contributed by atoms with Crippen molar-refractivity contribution in [2.24, 2.45) is 0 Å². The smallest absolute Gasteiger partial charge is 0.305 e. The van der Waals surface area contributed by atoms with Gasteiger partial charge in [-0.15, -0.1) is 0 Å². The number of hydrogen-bond donors (Lipinski definition) is 0. The van der Waals surface area contributed by atoms with Crippen molar-refractivity contribution >= 4 is 5.97 Å². The molecule has 0 saturated carbocycles. The highest BCUT2D eigenvalue weighted by Crippen LogP contribution is 2.37. The second-order valence-electron chi connectivity index (χ2n) is 5.85. The third-order valence-electron chi connectivity index (χ3n) is 4.49. The molecule has 0 bridgehead atoms. The monoisotopic (exact) mass is 316 g/mol. The van der Waals surface area contributed by atoms with Gasteiger partial charge in [-0.2, -0.15) is 0 Å². The number of benzene rings is 2. The third-order valence-corrected chi connectivity index (χ3v) is 4.49. The Hall–Kier alpha value is -2.23. The van der Waals surface area contributed by atoms with Crippen LogP contribution in [-0.2, 0) is 22.4 Å². The molecule has 4 heteroatoms. The Morgan fingerprint density at radius 1 is 1.04 bits per heavy atom. The molecule has 2 aromatic rings. The van der Waals surface area contributed by atoms with Gasteiger partial charge in [0.1, 0.15) is 11.6 Å². The molecule has 0 spiro atoms. The normalized spacial score (nSPS) is 13.9. The minimum atomic E-state index is -0.276. The van der Waals surface area contributed by atoms with E-state index in [2.05, 4.69) is 0 Å². The zero-order valence-electron chi connectivity index (χ0n) is 12.9. The molecule has 0 N–H and O–H groups in total. The van der Waals surface area contributed by atoms with Gasteiger partial charge in [0.05, 0.1) is 7.11 Å². The summed E-state index contributed by atoms with van der Waals surface area (Å²) >= 11 is 0. The van der Waals surface area contributed by atoms with Crippen LogP contribution >= 0.6 is 0 Å². The Morgan fingerprint density at radius 3 is 2.04 bits per heavy atom. The van der Waals surface area contributed by atoms with Gasteiger partial charge >= 0.3 is 5.97 Å². The van der Waals surface area contributed by atoms with E-state index in [0.29, 0.717) is 19.3 Å². The topological polar surface area (TPSA) is 26.3 Å².